The van der Waals surface area contributed by atoms with Gasteiger partial charge in [-0.05, 0) is 47.5 Å². The molecule has 1 fully saturated rings. The van der Waals surface area contributed by atoms with E-state index in [1.54, 1.807) is 0 Å². The molecule has 1 N–H and O–H groups in total. The van der Waals surface area contributed by atoms with Crippen molar-refractivity contribution in [1.29, 1.82) is 0 Å². The van der Waals surface area contributed by atoms with E-state index in [1.165, 1.54) is 0 Å². The Bertz CT molecular complexity index is 346. The lowest BCUT2D eigenvalue weighted by Crippen LogP contribution is -2.56. The van der Waals surface area contributed by atoms with Crippen LogP contribution in [0.5, 0.6) is 0 Å². The van der Waals surface area contributed by atoms with E-state index in [0.29, 0.717) is 6.61 Å². The average molecular weight is 285 g/mol. The van der Waals surface area contributed by atoms with Gasteiger partial charge in [0.05, 0.1) is 18.8 Å². The zero-order valence-electron chi connectivity index (χ0n) is 13.2. The minimum absolute atomic E-state index is 0.107. The summed E-state index contributed by atoms with van der Waals surface area (Å²) in [6, 6.07) is -0.210. The molecule has 0 aromatic carbocycles. The van der Waals surface area contributed by atoms with Gasteiger partial charge in [-0.1, -0.05) is 6.08 Å². The third kappa shape index (κ3) is 5.92. The van der Waals surface area contributed by atoms with Crippen LogP contribution in [0.4, 0.5) is 4.79 Å². The first kappa shape index (κ1) is 17.0. The molecule has 0 unspecified atom stereocenters. The Kier molecular flexibility index (Phi) is 5.59. The zero-order valence-corrected chi connectivity index (χ0v) is 13.2. The fourth-order valence-corrected chi connectivity index (χ4v) is 2.01. The van der Waals surface area contributed by atoms with Crippen LogP contribution in [-0.2, 0) is 14.2 Å². The number of allylic oxidation sites excluding steroid dienone is 1. The quantitative estimate of drug-likeness (QED) is 0.807. The highest BCUT2D eigenvalue weighted by Gasteiger charge is 2.37. The molecule has 116 valence electrons. The van der Waals surface area contributed by atoms with Gasteiger partial charge >= 0.3 is 6.09 Å². The maximum atomic E-state index is 11.8. The minimum atomic E-state index is -0.627. The summed E-state index contributed by atoms with van der Waals surface area (Å²) in [5.41, 5.74) is -0.518. The third-order valence-corrected chi connectivity index (χ3v) is 2.85. The highest BCUT2D eigenvalue weighted by atomic mass is 16.7. The second-order valence-electron chi connectivity index (χ2n) is 6.49. The van der Waals surface area contributed by atoms with E-state index in [2.05, 4.69) is 11.9 Å². The molecule has 0 aromatic rings. The van der Waals surface area contributed by atoms with Crippen molar-refractivity contribution in [2.24, 2.45) is 0 Å². The van der Waals surface area contributed by atoms with E-state index in [4.69, 9.17) is 14.2 Å². The van der Waals surface area contributed by atoms with Gasteiger partial charge in [-0.2, -0.15) is 0 Å². The number of rotatable bonds is 4. The molecule has 0 spiro atoms. The molecule has 0 bridgehead atoms. The minimum Gasteiger partial charge on any atom is -0.444 e. The van der Waals surface area contributed by atoms with Gasteiger partial charge in [0.25, 0.3) is 0 Å². The molecule has 0 aliphatic carbocycles. The first-order valence-corrected chi connectivity index (χ1v) is 7.05. The van der Waals surface area contributed by atoms with Crippen LogP contribution >= 0.6 is 0 Å². The molecule has 5 heteroatoms. The van der Waals surface area contributed by atoms with E-state index in [0.717, 1.165) is 12.8 Å². The molecule has 0 aromatic heterocycles. The van der Waals surface area contributed by atoms with Gasteiger partial charge in [-0.3, -0.25) is 0 Å². The van der Waals surface area contributed by atoms with Crippen molar-refractivity contribution in [3.05, 3.63) is 12.7 Å². The number of alkyl carbamates (subject to hydrolysis) is 1. The number of carbonyl (C=O) groups excluding carboxylic acids is 1. The predicted molar refractivity (Wildman–Crippen MR) is 77.5 cm³/mol. The molecule has 2 atom stereocenters. The van der Waals surface area contributed by atoms with Gasteiger partial charge in [0.1, 0.15) is 5.60 Å². The summed E-state index contributed by atoms with van der Waals surface area (Å²) in [6.45, 7) is 13.4. The summed E-state index contributed by atoms with van der Waals surface area (Å²) in [5.74, 6) is -0.627. The summed E-state index contributed by atoms with van der Waals surface area (Å²) in [6.07, 6.45) is 2.91. The number of carbonyl (C=O) groups is 1. The van der Waals surface area contributed by atoms with Gasteiger partial charge in [0.2, 0.25) is 0 Å². The second-order valence-corrected chi connectivity index (χ2v) is 6.49. The van der Waals surface area contributed by atoms with Crippen LogP contribution in [0, 0.1) is 0 Å². The topological polar surface area (TPSA) is 56.8 Å². The smallest absolute Gasteiger partial charge is 0.408 e. The van der Waals surface area contributed by atoms with Crippen LogP contribution < -0.4 is 5.32 Å². The highest BCUT2D eigenvalue weighted by Crippen LogP contribution is 2.25. The van der Waals surface area contributed by atoms with Crippen molar-refractivity contribution >= 4 is 6.09 Å². The molecule has 1 aliphatic heterocycles. The average Bonchev–Trinajstić information content (AvgIpc) is 2.26. The molecule has 1 rings (SSSR count). The number of nitrogens with one attached hydrogen (secondary N) is 1. The predicted octanol–water partition coefficient (Wildman–Crippen LogP) is 3.00. The van der Waals surface area contributed by atoms with Gasteiger partial charge in [0, 0.05) is 0 Å². The Morgan fingerprint density at radius 1 is 1.50 bits per heavy atom. The molecular formula is C15H27NO4. The lowest BCUT2D eigenvalue weighted by Gasteiger charge is -2.41. The molecule has 5 nitrogen and oxygen atoms in total. The van der Waals surface area contributed by atoms with E-state index < -0.39 is 17.5 Å². The normalized spacial score (nSPS) is 25.9. The fourth-order valence-electron chi connectivity index (χ4n) is 2.01. The van der Waals surface area contributed by atoms with Gasteiger partial charge in [-0.25, -0.2) is 4.79 Å². The molecule has 1 heterocycles. The van der Waals surface area contributed by atoms with Crippen molar-refractivity contribution < 1.29 is 19.0 Å². The van der Waals surface area contributed by atoms with E-state index in [-0.39, 0.29) is 12.1 Å². The standard InChI is InChI=1S/C15H27NO4/c1-7-8-9-12-11(10-18-15(5,6)19-12)16-13(17)20-14(2,3)4/h7,11-12H,1,8-10H2,2-6H3,(H,16,17)/t11-,12-/m0/s1. The molecular weight excluding hydrogens is 258 g/mol. The van der Waals surface area contributed by atoms with E-state index in [9.17, 15) is 4.79 Å². The molecule has 20 heavy (non-hydrogen) atoms. The lowest BCUT2D eigenvalue weighted by atomic mass is 10.0. The number of amides is 1. The zero-order chi connectivity index (χ0) is 15.4. The van der Waals surface area contributed by atoms with Crippen LogP contribution in [-0.4, -0.2) is 36.2 Å². The monoisotopic (exact) mass is 285 g/mol. The van der Waals surface area contributed by atoms with Crippen molar-refractivity contribution in [2.45, 2.75) is 71.0 Å². The molecule has 1 saturated heterocycles. The molecule has 1 amide bonds. The SMILES string of the molecule is C=CCC[C@@H]1OC(C)(C)OC[C@@H]1NC(=O)OC(C)(C)C. The Labute approximate surface area is 121 Å². The summed E-state index contributed by atoms with van der Waals surface area (Å²) < 4.78 is 16.7. The lowest BCUT2D eigenvalue weighted by molar-refractivity contribution is -0.282. The largest absolute Gasteiger partial charge is 0.444 e. The van der Waals surface area contributed by atoms with Gasteiger partial charge < -0.3 is 19.5 Å². The second kappa shape index (κ2) is 6.59. The number of hydrogen-bond acceptors (Lipinski definition) is 4. The number of ether oxygens (including phenoxy) is 3. The Morgan fingerprint density at radius 3 is 2.70 bits per heavy atom. The van der Waals surface area contributed by atoms with Crippen LogP contribution in [0.2, 0.25) is 0 Å². The third-order valence-electron chi connectivity index (χ3n) is 2.85. The molecule has 1 aliphatic rings. The Morgan fingerprint density at radius 2 is 2.15 bits per heavy atom. The summed E-state index contributed by atoms with van der Waals surface area (Å²) in [4.78, 5) is 11.8. The molecule has 0 radical (unpaired) electrons. The van der Waals surface area contributed by atoms with E-state index in [1.807, 2.05) is 40.7 Å². The Hall–Kier alpha value is -1.07. The van der Waals surface area contributed by atoms with Crippen molar-refractivity contribution in [3.8, 4) is 0 Å². The van der Waals surface area contributed by atoms with E-state index >= 15 is 0 Å². The first-order chi connectivity index (χ1) is 9.13. The van der Waals surface area contributed by atoms with Crippen LogP contribution in [0.25, 0.3) is 0 Å². The highest BCUT2D eigenvalue weighted by molar-refractivity contribution is 5.68. The summed E-state index contributed by atoms with van der Waals surface area (Å²) in [5, 5.41) is 2.83. The van der Waals surface area contributed by atoms with Crippen LogP contribution in [0.3, 0.4) is 0 Å². The van der Waals surface area contributed by atoms with Crippen molar-refractivity contribution in [1.82, 2.24) is 5.32 Å². The summed E-state index contributed by atoms with van der Waals surface area (Å²) in [7, 11) is 0. The first-order valence-electron chi connectivity index (χ1n) is 7.05. The summed E-state index contributed by atoms with van der Waals surface area (Å²) >= 11 is 0. The maximum absolute atomic E-state index is 11.8. The van der Waals surface area contributed by atoms with Crippen molar-refractivity contribution in [3.63, 3.8) is 0 Å². The molecule has 0 saturated carbocycles. The number of hydrogen-bond donors (Lipinski definition) is 1. The van der Waals surface area contributed by atoms with Crippen LogP contribution in [0.15, 0.2) is 12.7 Å². The maximum Gasteiger partial charge on any atom is 0.408 e. The fraction of sp³-hybridized carbons (Fsp3) is 0.800. The van der Waals surface area contributed by atoms with Gasteiger partial charge in [0.15, 0.2) is 5.79 Å². The van der Waals surface area contributed by atoms with Gasteiger partial charge in [-0.15, -0.1) is 6.58 Å². The Balaban J connectivity index is 2.61. The van der Waals surface area contributed by atoms with Crippen LogP contribution in [0.1, 0.15) is 47.5 Å². The van der Waals surface area contributed by atoms with Crippen molar-refractivity contribution in [2.75, 3.05) is 6.61 Å².